The average Bonchev–Trinajstić information content (AvgIpc) is 3.51. The Hall–Kier alpha value is -3.60. The molecule has 0 aliphatic carbocycles. The number of methoxy groups -OCH3 is 3. The Bertz CT molecular complexity index is 1050. The number of hydrogen-bond donors (Lipinski definition) is 2. The average molecular weight is 458 g/mol. The molecule has 3 aromatic rings. The number of quaternary nitrogens is 1. The zero-order valence-corrected chi connectivity index (χ0v) is 19.0. The van der Waals surface area contributed by atoms with Crippen molar-refractivity contribution in [2.75, 3.05) is 34.4 Å². The first-order valence-corrected chi connectivity index (χ1v) is 10.8. The molecule has 3 heterocycles. The second kappa shape index (κ2) is 9.90. The molecular weight excluding hydrogens is 428 g/mol. The first-order valence-electron chi connectivity index (χ1n) is 10.8. The number of tetrazole rings is 1. The third-order valence-corrected chi connectivity index (χ3v) is 6.16. The van der Waals surface area contributed by atoms with Crippen molar-refractivity contribution in [1.82, 2.24) is 20.2 Å². The summed E-state index contributed by atoms with van der Waals surface area (Å²) < 4.78 is 23.9. The maximum Gasteiger partial charge on any atom is 0.220 e. The van der Waals surface area contributed by atoms with Crippen molar-refractivity contribution < 1.29 is 28.3 Å². The third-order valence-electron chi connectivity index (χ3n) is 6.16. The van der Waals surface area contributed by atoms with Gasteiger partial charge in [-0.2, -0.15) is 0 Å². The molecule has 176 valence electrons. The lowest BCUT2D eigenvalue weighted by molar-refractivity contribution is -0.931. The van der Waals surface area contributed by atoms with Crippen LogP contribution in [-0.2, 0) is 11.3 Å². The molecule has 1 atom stereocenters. The van der Waals surface area contributed by atoms with Gasteiger partial charge in [0.2, 0.25) is 17.5 Å². The van der Waals surface area contributed by atoms with E-state index >= 15 is 0 Å². The maximum absolute atomic E-state index is 11.7. The van der Waals surface area contributed by atoms with Crippen LogP contribution in [0.15, 0.2) is 34.9 Å². The monoisotopic (exact) mass is 457 g/mol. The highest BCUT2D eigenvalue weighted by Gasteiger charge is 2.37. The largest absolute Gasteiger partial charge is 0.493 e. The van der Waals surface area contributed by atoms with E-state index in [2.05, 4.69) is 15.5 Å². The minimum absolute atomic E-state index is 0.117. The van der Waals surface area contributed by atoms with Gasteiger partial charge in [0.25, 0.3) is 0 Å². The fourth-order valence-corrected chi connectivity index (χ4v) is 4.48. The summed E-state index contributed by atoms with van der Waals surface area (Å²) in [4.78, 5) is 12.9. The van der Waals surface area contributed by atoms with Crippen LogP contribution in [0.1, 0.15) is 36.0 Å². The lowest BCUT2D eigenvalue weighted by Crippen LogP contribution is -3.13. The molecule has 0 spiro atoms. The molecule has 2 aromatic heterocycles. The number of primary amides is 1. The van der Waals surface area contributed by atoms with Crippen molar-refractivity contribution in [3.05, 3.63) is 47.7 Å². The van der Waals surface area contributed by atoms with E-state index in [1.54, 1.807) is 32.3 Å². The Kier molecular flexibility index (Phi) is 6.78. The van der Waals surface area contributed by atoms with E-state index in [1.807, 2.05) is 24.3 Å². The molecule has 1 aliphatic rings. The Balaban J connectivity index is 1.77. The zero-order chi connectivity index (χ0) is 23.4. The predicted molar refractivity (Wildman–Crippen MR) is 116 cm³/mol. The van der Waals surface area contributed by atoms with Crippen LogP contribution >= 0.6 is 0 Å². The first-order chi connectivity index (χ1) is 16.0. The number of nitrogens with zero attached hydrogens (tertiary/aromatic N) is 4. The Morgan fingerprint density at radius 1 is 1.21 bits per heavy atom. The normalized spacial score (nSPS) is 19.1. The van der Waals surface area contributed by atoms with Crippen LogP contribution in [0.5, 0.6) is 17.2 Å². The summed E-state index contributed by atoms with van der Waals surface area (Å²) in [5, 5.41) is 12.6. The molecule has 1 aromatic carbocycles. The number of hydrogen-bond acceptors (Lipinski definition) is 8. The van der Waals surface area contributed by atoms with E-state index in [-0.39, 0.29) is 17.9 Å². The lowest BCUT2D eigenvalue weighted by atomic mass is 9.93. The van der Waals surface area contributed by atoms with Gasteiger partial charge in [0.1, 0.15) is 12.3 Å². The number of amides is 1. The topological polar surface area (TPSA) is 132 Å². The van der Waals surface area contributed by atoms with E-state index in [9.17, 15) is 4.79 Å². The van der Waals surface area contributed by atoms with Crippen molar-refractivity contribution >= 4 is 5.91 Å². The smallest absolute Gasteiger partial charge is 0.220 e. The van der Waals surface area contributed by atoms with E-state index in [1.165, 1.54) is 4.90 Å². The summed E-state index contributed by atoms with van der Waals surface area (Å²) in [5.41, 5.74) is 6.47. The van der Waals surface area contributed by atoms with Crippen LogP contribution in [0.2, 0.25) is 0 Å². The highest BCUT2D eigenvalue weighted by Crippen LogP contribution is 2.40. The Morgan fingerprint density at radius 3 is 2.45 bits per heavy atom. The number of likely N-dealkylation sites (tertiary alicyclic amines) is 1. The molecule has 0 unspecified atom stereocenters. The quantitative estimate of drug-likeness (QED) is 0.466. The maximum atomic E-state index is 11.7. The van der Waals surface area contributed by atoms with Gasteiger partial charge < -0.3 is 29.3 Å². The van der Waals surface area contributed by atoms with Crippen LogP contribution < -0.4 is 24.8 Å². The molecule has 1 amide bonds. The molecule has 1 saturated heterocycles. The van der Waals surface area contributed by atoms with Crippen LogP contribution in [0, 0.1) is 5.92 Å². The number of carbonyl (C=O) groups excluding carboxylic acids is 1. The van der Waals surface area contributed by atoms with Gasteiger partial charge in [-0.05, 0) is 34.7 Å². The van der Waals surface area contributed by atoms with Gasteiger partial charge in [-0.3, -0.25) is 4.79 Å². The second-order valence-corrected chi connectivity index (χ2v) is 8.00. The lowest BCUT2D eigenvalue weighted by Gasteiger charge is -2.33. The number of rotatable bonds is 9. The summed E-state index contributed by atoms with van der Waals surface area (Å²) in [6.07, 6.45) is 3.02. The highest BCUT2D eigenvalue weighted by molar-refractivity contribution is 5.76. The first kappa shape index (κ1) is 22.6. The highest BCUT2D eigenvalue weighted by atomic mass is 16.5. The number of benzene rings is 1. The molecule has 0 bridgehead atoms. The van der Waals surface area contributed by atoms with E-state index in [0.717, 1.165) is 24.4 Å². The van der Waals surface area contributed by atoms with E-state index in [4.69, 9.17) is 24.4 Å². The van der Waals surface area contributed by atoms with E-state index < -0.39 is 0 Å². The van der Waals surface area contributed by atoms with E-state index in [0.29, 0.717) is 42.5 Å². The van der Waals surface area contributed by atoms with Crippen LogP contribution in [0.3, 0.4) is 0 Å². The van der Waals surface area contributed by atoms with Crippen LogP contribution in [0.4, 0.5) is 0 Å². The summed E-state index contributed by atoms with van der Waals surface area (Å²) >= 11 is 0. The number of aromatic nitrogens is 4. The molecule has 11 nitrogen and oxygen atoms in total. The minimum Gasteiger partial charge on any atom is -0.493 e. The SMILES string of the molecule is COc1cc([C@H](c2nnnn2Cc2ccco2)[NH+]2CCC(C(N)=O)CC2)cc(OC)c1OC. The van der Waals surface area contributed by atoms with Gasteiger partial charge in [-0.25, -0.2) is 4.68 Å². The molecule has 1 fully saturated rings. The Morgan fingerprint density at radius 2 is 1.91 bits per heavy atom. The standard InChI is InChI=1S/C22H28N6O5/c1-30-17-11-15(12-18(31-2)20(17)32-3)19(27-8-6-14(7-9-27)21(23)29)22-24-25-26-28(22)13-16-5-4-10-33-16/h4-5,10-12,14,19H,6-9,13H2,1-3H3,(H2,23,29)/p+1/t19-/m1/s1. The van der Waals surface area contributed by atoms with Crippen LogP contribution in [0.25, 0.3) is 0 Å². The fraction of sp³-hybridized carbons (Fsp3) is 0.455. The number of ether oxygens (including phenoxy) is 3. The van der Waals surface area contributed by atoms with Gasteiger partial charge in [0.15, 0.2) is 17.5 Å². The molecule has 3 N–H and O–H groups in total. The van der Waals surface area contributed by atoms with Crippen molar-refractivity contribution in [2.24, 2.45) is 11.7 Å². The fourth-order valence-electron chi connectivity index (χ4n) is 4.48. The van der Waals surface area contributed by atoms with Gasteiger partial charge >= 0.3 is 0 Å². The summed E-state index contributed by atoms with van der Waals surface area (Å²) in [5.74, 6) is 2.67. The molecule has 11 heteroatoms. The number of nitrogens with one attached hydrogen (secondary N) is 1. The molecule has 0 saturated carbocycles. The van der Waals surface area contributed by atoms with Crippen molar-refractivity contribution in [3.8, 4) is 17.2 Å². The molecule has 33 heavy (non-hydrogen) atoms. The van der Waals surface area contributed by atoms with Crippen molar-refractivity contribution in [3.63, 3.8) is 0 Å². The van der Waals surface area contributed by atoms with Gasteiger partial charge in [-0.1, -0.05) is 0 Å². The second-order valence-electron chi connectivity index (χ2n) is 8.00. The zero-order valence-electron chi connectivity index (χ0n) is 19.0. The third kappa shape index (κ3) is 4.63. The Labute approximate surface area is 191 Å². The molecule has 4 rings (SSSR count). The molecule has 0 radical (unpaired) electrons. The van der Waals surface area contributed by atoms with Crippen molar-refractivity contribution in [1.29, 1.82) is 0 Å². The number of nitrogens with two attached hydrogens (primary N) is 1. The number of furan rings is 1. The van der Waals surface area contributed by atoms with Gasteiger partial charge in [0, 0.05) is 24.3 Å². The molecule has 1 aliphatic heterocycles. The summed E-state index contributed by atoms with van der Waals surface area (Å²) in [6, 6.07) is 7.31. The van der Waals surface area contributed by atoms with Gasteiger partial charge in [-0.15, -0.1) is 5.10 Å². The van der Waals surface area contributed by atoms with Crippen LogP contribution in [-0.4, -0.2) is 60.5 Å². The molecular formula is C22H29N6O5+. The predicted octanol–water partition coefficient (Wildman–Crippen LogP) is 0.210. The summed E-state index contributed by atoms with van der Waals surface area (Å²) in [6.45, 7) is 1.87. The number of carbonyl (C=O) groups is 1. The number of piperidine rings is 1. The summed E-state index contributed by atoms with van der Waals surface area (Å²) in [7, 11) is 4.74. The van der Waals surface area contributed by atoms with Crippen molar-refractivity contribution in [2.45, 2.75) is 25.4 Å². The minimum atomic E-state index is -0.249. The van der Waals surface area contributed by atoms with Gasteiger partial charge in [0.05, 0.1) is 40.7 Å².